The molecule has 0 saturated carbocycles. The largest absolute Gasteiger partial charge is 0.376 e. The Morgan fingerprint density at radius 2 is 1.86 bits per heavy atom. The summed E-state index contributed by atoms with van der Waals surface area (Å²) in [4.78, 5) is 0. The van der Waals surface area contributed by atoms with Crippen LogP contribution in [0.4, 0.5) is 0 Å². The van der Waals surface area contributed by atoms with Crippen molar-refractivity contribution in [2.45, 2.75) is 70.7 Å². The molecule has 6 heteroatoms. The number of hydrogen-bond acceptors (Lipinski definition) is 3. The second-order valence-corrected chi connectivity index (χ2v) is 6.82. The van der Waals surface area contributed by atoms with Gasteiger partial charge in [-0.05, 0) is 34.6 Å². The number of nitrogens with one attached hydrogen (secondary N) is 2. The highest BCUT2D eigenvalue weighted by Gasteiger charge is 2.65. The molecule has 2 rings (SSSR count). The Balaban J connectivity index is 2.34. The molecule has 1 unspecified atom stereocenters. The van der Waals surface area contributed by atoms with E-state index in [1.807, 2.05) is 14.1 Å². The lowest BCUT2D eigenvalue weighted by atomic mass is 9.99. The summed E-state index contributed by atoms with van der Waals surface area (Å²) in [6.07, 6.45) is 0.452. The Labute approximate surface area is 134 Å². The standard InChI is InChI=1S/C16H31N3O3/c1-10(2)20-9-16-8-19(15(17-6)18-7)13(12(5)22-16)14(16)21-11(3)4/h10-14H,8-9H2,1-7H3,(H,17,18)/p+1/t12-,13?,14+,16+/m0/s1. The van der Waals surface area contributed by atoms with Gasteiger partial charge in [0.05, 0.1) is 39.0 Å². The maximum absolute atomic E-state index is 6.32. The lowest BCUT2D eigenvalue weighted by Gasteiger charge is -2.32. The summed E-state index contributed by atoms with van der Waals surface area (Å²) in [5.41, 5.74) is -0.405. The van der Waals surface area contributed by atoms with Crippen LogP contribution in [-0.4, -0.2) is 73.8 Å². The van der Waals surface area contributed by atoms with E-state index >= 15 is 0 Å². The summed E-state index contributed by atoms with van der Waals surface area (Å²) in [6, 6.07) is 0.188. The molecule has 2 fully saturated rings. The highest BCUT2D eigenvalue weighted by atomic mass is 16.6. The van der Waals surface area contributed by atoms with E-state index in [1.54, 1.807) is 0 Å². The fourth-order valence-corrected chi connectivity index (χ4v) is 3.61. The Hall–Kier alpha value is -0.850. The van der Waals surface area contributed by atoms with E-state index < -0.39 is 5.60 Å². The smallest absolute Gasteiger partial charge is 0.345 e. The van der Waals surface area contributed by atoms with E-state index in [-0.39, 0.29) is 30.5 Å². The molecule has 2 aliphatic heterocycles. The van der Waals surface area contributed by atoms with Crippen molar-refractivity contribution >= 4 is 5.96 Å². The van der Waals surface area contributed by atoms with E-state index in [9.17, 15) is 0 Å². The first kappa shape index (κ1) is 17.5. The van der Waals surface area contributed by atoms with Gasteiger partial charge in [0, 0.05) is 0 Å². The molecule has 2 heterocycles. The Morgan fingerprint density at radius 3 is 2.36 bits per heavy atom. The zero-order valence-electron chi connectivity index (χ0n) is 15.0. The summed E-state index contributed by atoms with van der Waals surface area (Å²) in [5.74, 6) is 1.00. The number of guanidine groups is 1. The lowest BCUT2D eigenvalue weighted by Crippen LogP contribution is -2.51. The van der Waals surface area contributed by atoms with Gasteiger partial charge in [0.1, 0.15) is 18.7 Å². The molecular weight excluding hydrogens is 282 g/mol. The van der Waals surface area contributed by atoms with Crippen molar-refractivity contribution in [3.05, 3.63) is 0 Å². The van der Waals surface area contributed by atoms with E-state index in [0.717, 1.165) is 12.5 Å². The van der Waals surface area contributed by atoms with Gasteiger partial charge in [0.2, 0.25) is 0 Å². The van der Waals surface area contributed by atoms with Gasteiger partial charge >= 0.3 is 5.96 Å². The van der Waals surface area contributed by atoms with Crippen LogP contribution in [0.3, 0.4) is 0 Å². The fourth-order valence-electron chi connectivity index (χ4n) is 3.61. The van der Waals surface area contributed by atoms with Gasteiger partial charge < -0.3 is 14.2 Å². The summed E-state index contributed by atoms with van der Waals surface area (Å²) in [6.45, 7) is 11.7. The molecule has 0 aromatic carbocycles. The van der Waals surface area contributed by atoms with Crippen molar-refractivity contribution in [3.63, 3.8) is 0 Å². The summed E-state index contributed by atoms with van der Waals surface area (Å²) in [7, 11) is 3.86. The molecule has 22 heavy (non-hydrogen) atoms. The number of rotatable bonds is 5. The van der Waals surface area contributed by atoms with Gasteiger partial charge in [-0.25, -0.2) is 0 Å². The molecule has 6 nitrogen and oxygen atoms in total. The van der Waals surface area contributed by atoms with E-state index in [1.165, 1.54) is 0 Å². The first-order chi connectivity index (χ1) is 10.3. The van der Waals surface area contributed by atoms with Crippen molar-refractivity contribution in [1.82, 2.24) is 10.6 Å². The van der Waals surface area contributed by atoms with Crippen LogP contribution in [0.5, 0.6) is 0 Å². The lowest BCUT2D eigenvalue weighted by molar-refractivity contribution is -0.583. The first-order valence-corrected chi connectivity index (χ1v) is 8.28. The molecule has 0 aliphatic carbocycles. The van der Waals surface area contributed by atoms with Gasteiger partial charge in [-0.15, -0.1) is 0 Å². The molecule has 2 N–H and O–H groups in total. The molecule has 128 valence electrons. The van der Waals surface area contributed by atoms with Gasteiger partial charge in [-0.2, -0.15) is 0 Å². The third kappa shape index (κ3) is 3.09. The molecule has 2 saturated heterocycles. The minimum Gasteiger partial charge on any atom is -0.376 e. The zero-order chi connectivity index (χ0) is 16.5. The summed E-state index contributed by atoms with van der Waals surface area (Å²) in [5, 5.41) is 6.47. The Morgan fingerprint density at radius 1 is 1.23 bits per heavy atom. The SMILES string of the molecule is CNC(NC)=[N+]1C[C@]2(COC(C)C)O[C@@H](C)C1[C@H]2OC(C)C. The van der Waals surface area contributed by atoms with E-state index in [2.05, 4.69) is 49.8 Å². The predicted octanol–water partition coefficient (Wildman–Crippen LogP) is 0.552. The normalized spacial score (nSPS) is 33.9. The monoisotopic (exact) mass is 314 g/mol. The van der Waals surface area contributed by atoms with Gasteiger partial charge in [-0.1, -0.05) is 0 Å². The van der Waals surface area contributed by atoms with E-state index in [0.29, 0.717) is 6.61 Å². The maximum Gasteiger partial charge on any atom is 0.345 e. The maximum atomic E-state index is 6.32. The molecule has 2 aliphatic rings. The van der Waals surface area contributed by atoms with Crippen LogP contribution in [0.2, 0.25) is 0 Å². The van der Waals surface area contributed by atoms with Crippen molar-refractivity contribution in [2.24, 2.45) is 0 Å². The highest BCUT2D eigenvalue weighted by molar-refractivity contribution is 5.74. The third-order valence-electron chi connectivity index (χ3n) is 4.37. The number of fused-ring (bicyclic) bond motifs is 2. The Kier molecular flexibility index (Phi) is 5.35. The van der Waals surface area contributed by atoms with Crippen LogP contribution in [-0.2, 0) is 14.2 Å². The second kappa shape index (κ2) is 6.72. The number of nitrogens with zero attached hydrogens (tertiary/aromatic N) is 1. The van der Waals surface area contributed by atoms with Crippen LogP contribution in [0.1, 0.15) is 34.6 Å². The van der Waals surface area contributed by atoms with Crippen LogP contribution >= 0.6 is 0 Å². The molecule has 0 spiro atoms. The molecule has 4 atom stereocenters. The van der Waals surface area contributed by atoms with Crippen molar-refractivity contribution in [3.8, 4) is 0 Å². The average Bonchev–Trinajstić information content (AvgIpc) is 2.86. The van der Waals surface area contributed by atoms with Crippen LogP contribution in [0.15, 0.2) is 0 Å². The topological polar surface area (TPSA) is 54.8 Å². The van der Waals surface area contributed by atoms with Gasteiger partial charge in [-0.3, -0.25) is 15.2 Å². The fraction of sp³-hybridized carbons (Fsp3) is 0.938. The molecule has 0 amide bonds. The molecule has 0 aromatic heterocycles. The van der Waals surface area contributed by atoms with Crippen LogP contribution in [0.25, 0.3) is 0 Å². The third-order valence-corrected chi connectivity index (χ3v) is 4.37. The van der Waals surface area contributed by atoms with Crippen LogP contribution in [0, 0.1) is 0 Å². The Bertz CT molecular complexity index is 419. The molecule has 0 radical (unpaired) electrons. The van der Waals surface area contributed by atoms with Crippen LogP contribution < -0.4 is 10.6 Å². The first-order valence-electron chi connectivity index (χ1n) is 8.28. The predicted molar refractivity (Wildman–Crippen MR) is 86.4 cm³/mol. The molecule has 0 aromatic rings. The van der Waals surface area contributed by atoms with Gasteiger partial charge in [0.15, 0.2) is 5.60 Å². The minimum absolute atomic E-state index is 0.0120. The average molecular weight is 314 g/mol. The van der Waals surface area contributed by atoms with Gasteiger partial charge in [0.25, 0.3) is 0 Å². The van der Waals surface area contributed by atoms with Crippen molar-refractivity contribution in [1.29, 1.82) is 0 Å². The second-order valence-electron chi connectivity index (χ2n) is 6.82. The summed E-state index contributed by atoms with van der Waals surface area (Å²) >= 11 is 0. The minimum atomic E-state index is -0.405. The van der Waals surface area contributed by atoms with Crippen molar-refractivity contribution < 1.29 is 18.8 Å². The van der Waals surface area contributed by atoms with Crippen molar-refractivity contribution in [2.75, 3.05) is 27.2 Å². The number of hydrogen-bond donors (Lipinski definition) is 2. The highest BCUT2D eigenvalue weighted by Crippen LogP contribution is 2.42. The molecular formula is C16H32N3O3+. The van der Waals surface area contributed by atoms with E-state index in [4.69, 9.17) is 14.2 Å². The number of ether oxygens (including phenoxy) is 3. The zero-order valence-corrected chi connectivity index (χ0v) is 15.0. The summed E-state index contributed by atoms with van der Waals surface area (Å²) < 4.78 is 20.8. The number of morpholine rings is 1. The quantitative estimate of drug-likeness (QED) is 0.573. The molecule has 2 bridgehead atoms.